The molecule has 1 aromatic carbocycles. The summed E-state index contributed by atoms with van der Waals surface area (Å²) in [4.78, 5) is 13.9. The molecule has 3 nitrogen and oxygen atoms in total. The topological polar surface area (TPSA) is 42.1 Å². The van der Waals surface area contributed by atoms with E-state index in [1.807, 2.05) is 18.2 Å². The summed E-state index contributed by atoms with van der Waals surface area (Å²) in [6, 6.07) is 5.67. The maximum absolute atomic E-state index is 10.8. The average Bonchev–Trinajstić information content (AvgIpc) is 2.60. The summed E-state index contributed by atoms with van der Waals surface area (Å²) in [5.74, 6) is 0.769. The minimum absolute atomic E-state index is 0.231. The first kappa shape index (κ1) is 10.1. The van der Waals surface area contributed by atoms with E-state index in [-0.39, 0.29) is 11.7 Å². The van der Waals surface area contributed by atoms with Crippen molar-refractivity contribution in [2.24, 2.45) is 0 Å². The Balaban J connectivity index is 2.51. The summed E-state index contributed by atoms with van der Waals surface area (Å²) in [5.41, 5.74) is 1.87. The predicted molar refractivity (Wildman–Crippen MR) is 59.4 cm³/mol. The fraction of sp³-hybridized carbons (Fsp3) is 0.182. The first-order chi connectivity index (χ1) is 7.20. The van der Waals surface area contributed by atoms with Gasteiger partial charge >= 0.3 is 0 Å². The fourth-order valence-corrected chi connectivity index (χ4v) is 1.72. The number of carbonyl (C=O) groups excluding carboxylic acids is 1. The van der Waals surface area contributed by atoms with Gasteiger partial charge in [0.2, 0.25) is 5.24 Å². The van der Waals surface area contributed by atoms with Gasteiger partial charge in [-0.2, -0.15) is 0 Å². The minimum Gasteiger partial charge on any atom is -0.497 e. The number of nitrogens with one attached hydrogen (secondary N) is 1. The van der Waals surface area contributed by atoms with Crippen LogP contribution in [0.4, 0.5) is 0 Å². The van der Waals surface area contributed by atoms with Crippen molar-refractivity contribution in [1.29, 1.82) is 0 Å². The largest absolute Gasteiger partial charge is 0.497 e. The Kier molecular flexibility index (Phi) is 2.64. The Morgan fingerprint density at radius 3 is 3.00 bits per heavy atom. The molecule has 2 rings (SSSR count). The molecule has 0 atom stereocenters. The van der Waals surface area contributed by atoms with Gasteiger partial charge in [0, 0.05) is 23.5 Å². The number of aromatic amines is 1. The van der Waals surface area contributed by atoms with Gasteiger partial charge in [-0.05, 0) is 35.4 Å². The molecule has 4 heteroatoms. The normalized spacial score (nSPS) is 10.5. The molecule has 0 aliphatic carbocycles. The first-order valence-corrected chi connectivity index (χ1v) is 4.91. The van der Waals surface area contributed by atoms with Gasteiger partial charge in [-0.25, -0.2) is 0 Å². The molecule has 0 amide bonds. The number of hydrogen-bond acceptors (Lipinski definition) is 2. The van der Waals surface area contributed by atoms with Gasteiger partial charge in [-0.1, -0.05) is 0 Å². The third-order valence-corrected chi connectivity index (χ3v) is 2.44. The van der Waals surface area contributed by atoms with Crippen LogP contribution in [0.25, 0.3) is 10.9 Å². The van der Waals surface area contributed by atoms with Crippen LogP contribution in [-0.2, 0) is 11.2 Å². The SMILES string of the molecule is COc1ccc2[nH]cc(CC(=O)Cl)c2c1. The summed E-state index contributed by atoms with van der Waals surface area (Å²) >= 11 is 5.36. The van der Waals surface area contributed by atoms with E-state index in [9.17, 15) is 4.79 Å². The van der Waals surface area contributed by atoms with Crippen LogP contribution in [0.1, 0.15) is 5.56 Å². The fourth-order valence-electron chi connectivity index (χ4n) is 1.58. The molecule has 0 aliphatic rings. The zero-order valence-corrected chi connectivity index (χ0v) is 8.97. The van der Waals surface area contributed by atoms with Crippen molar-refractivity contribution in [3.8, 4) is 5.75 Å². The lowest BCUT2D eigenvalue weighted by Gasteiger charge is -2.00. The molecule has 0 unspecified atom stereocenters. The number of rotatable bonds is 3. The van der Waals surface area contributed by atoms with E-state index in [2.05, 4.69) is 4.98 Å². The molecule has 15 heavy (non-hydrogen) atoms. The highest BCUT2D eigenvalue weighted by Gasteiger charge is 2.07. The van der Waals surface area contributed by atoms with Gasteiger partial charge in [0.25, 0.3) is 0 Å². The molecule has 1 heterocycles. The Morgan fingerprint density at radius 2 is 2.33 bits per heavy atom. The summed E-state index contributed by atoms with van der Waals surface area (Å²) in [6.45, 7) is 0. The van der Waals surface area contributed by atoms with Crippen LogP contribution in [0.5, 0.6) is 5.75 Å². The van der Waals surface area contributed by atoms with Crippen LogP contribution < -0.4 is 4.74 Å². The van der Waals surface area contributed by atoms with Crippen LogP contribution in [0.15, 0.2) is 24.4 Å². The molecule has 1 aromatic heterocycles. The number of benzene rings is 1. The average molecular weight is 224 g/mol. The number of H-pyrrole nitrogens is 1. The van der Waals surface area contributed by atoms with E-state index in [1.54, 1.807) is 13.3 Å². The number of aromatic nitrogens is 1. The third kappa shape index (κ3) is 1.97. The van der Waals surface area contributed by atoms with E-state index < -0.39 is 0 Å². The Bertz CT molecular complexity index is 504. The highest BCUT2D eigenvalue weighted by molar-refractivity contribution is 6.63. The van der Waals surface area contributed by atoms with E-state index in [0.717, 1.165) is 22.2 Å². The van der Waals surface area contributed by atoms with E-state index in [1.165, 1.54) is 0 Å². The summed E-state index contributed by atoms with van der Waals surface area (Å²) in [6.07, 6.45) is 2.03. The highest BCUT2D eigenvalue weighted by Crippen LogP contribution is 2.24. The van der Waals surface area contributed by atoms with Crippen molar-refractivity contribution in [2.45, 2.75) is 6.42 Å². The summed E-state index contributed by atoms with van der Waals surface area (Å²) in [5, 5.41) is 0.613. The van der Waals surface area contributed by atoms with Crippen LogP contribution in [0.2, 0.25) is 0 Å². The van der Waals surface area contributed by atoms with Gasteiger partial charge in [-0.15, -0.1) is 0 Å². The van der Waals surface area contributed by atoms with Crippen molar-refractivity contribution in [2.75, 3.05) is 7.11 Å². The van der Waals surface area contributed by atoms with Gasteiger partial charge in [-0.3, -0.25) is 4.79 Å². The lowest BCUT2D eigenvalue weighted by Crippen LogP contribution is -1.91. The first-order valence-electron chi connectivity index (χ1n) is 4.53. The van der Waals surface area contributed by atoms with Crippen molar-refractivity contribution in [3.63, 3.8) is 0 Å². The molecule has 2 aromatic rings. The number of fused-ring (bicyclic) bond motifs is 1. The number of carbonyl (C=O) groups is 1. The Morgan fingerprint density at radius 1 is 1.53 bits per heavy atom. The molecule has 0 radical (unpaired) electrons. The number of hydrogen-bond donors (Lipinski definition) is 1. The molecular weight excluding hydrogens is 214 g/mol. The zero-order chi connectivity index (χ0) is 10.8. The Hall–Kier alpha value is -1.48. The molecule has 1 N–H and O–H groups in total. The van der Waals surface area contributed by atoms with E-state index >= 15 is 0 Å². The van der Waals surface area contributed by atoms with E-state index in [4.69, 9.17) is 16.3 Å². The monoisotopic (exact) mass is 223 g/mol. The number of halogens is 1. The highest BCUT2D eigenvalue weighted by atomic mass is 35.5. The molecule has 0 saturated carbocycles. The maximum Gasteiger partial charge on any atom is 0.226 e. The molecule has 0 spiro atoms. The number of ether oxygens (including phenoxy) is 1. The van der Waals surface area contributed by atoms with Crippen LogP contribution >= 0.6 is 11.6 Å². The second-order valence-electron chi connectivity index (χ2n) is 3.26. The van der Waals surface area contributed by atoms with Crippen molar-refractivity contribution in [3.05, 3.63) is 30.0 Å². The third-order valence-electron chi connectivity index (χ3n) is 2.30. The molecule has 0 aliphatic heterocycles. The lowest BCUT2D eigenvalue weighted by atomic mass is 10.1. The quantitative estimate of drug-likeness (QED) is 0.813. The second kappa shape index (κ2) is 3.95. The number of methoxy groups -OCH3 is 1. The minimum atomic E-state index is -0.362. The lowest BCUT2D eigenvalue weighted by molar-refractivity contribution is -0.111. The van der Waals surface area contributed by atoms with Gasteiger partial charge in [0.1, 0.15) is 5.75 Å². The molecule has 78 valence electrons. The zero-order valence-electron chi connectivity index (χ0n) is 8.21. The predicted octanol–water partition coefficient (Wildman–Crippen LogP) is 2.48. The Labute approximate surface area is 92.0 Å². The van der Waals surface area contributed by atoms with Crippen LogP contribution in [0, 0.1) is 0 Å². The van der Waals surface area contributed by atoms with Gasteiger partial charge < -0.3 is 9.72 Å². The van der Waals surface area contributed by atoms with Gasteiger partial charge in [0.15, 0.2) is 0 Å². The molecule has 0 fully saturated rings. The van der Waals surface area contributed by atoms with Crippen molar-refractivity contribution in [1.82, 2.24) is 4.98 Å². The smallest absolute Gasteiger partial charge is 0.226 e. The van der Waals surface area contributed by atoms with Gasteiger partial charge in [0.05, 0.1) is 7.11 Å². The molecule has 0 saturated heterocycles. The summed E-state index contributed by atoms with van der Waals surface area (Å²) < 4.78 is 5.12. The van der Waals surface area contributed by atoms with Crippen molar-refractivity contribution >= 4 is 27.7 Å². The standard InChI is InChI=1S/C11H10ClNO2/c1-15-8-2-3-10-9(5-8)7(6-13-10)4-11(12)14/h2-3,5-6,13H,4H2,1H3. The molecule has 0 bridgehead atoms. The van der Waals surface area contributed by atoms with Crippen molar-refractivity contribution < 1.29 is 9.53 Å². The van der Waals surface area contributed by atoms with E-state index in [0.29, 0.717) is 0 Å². The molecular formula is C11H10ClNO2. The maximum atomic E-state index is 10.8. The van der Waals surface area contributed by atoms with Crippen LogP contribution in [0.3, 0.4) is 0 Å². The van der Waals surface area contributed by atoms with Crippen LogP contribution in [-0.4, -0.2) is 17.3 Å². The second-order valence-corrected chi connectivity index (χ2v) is 3.68. The summed E-state index contributed by atoms with van der Waals surface area (Å²) in [7, 11) is 1.61.